The predicted octanol–water partition coefficient (Wildman–Crippen LogP) is 2.62. The van der Waals surface area contributed by atoms with Crippen LogP contribution in [0.5, 0.6) is 0 Å². The SMILES string of the molecule is CC(C)(C)OC(=O)N[C@@H](CCCCCN1CCCC1)C(=O)O. The zero-order valence-corrected chi connectivity index (χ0v) is 14.1. The van der Waals surface area contributed by atoms with Gasteiger partial charge in [0.1, 0.15) is 11.6 Å². The van der Waals surface area contributed by atoms with Gasteiger partial charge in [-0.15, -0.1) is 0 Å². The third-order valence-corrected chi connectivity index (χ3v) is 3.65. The van der Waals surface area contributed by atoms with E-state index in [1.54, 1.807) is 20.8 Å². The first-order valence-electron chi connectivity index (χ1n) is 8.22. The maximum atomic E-state index is 11.6. The highest BCUT2D eigenvalue weighted by atomic mass is 16.6. The standard InChI is InChI=1S/C16H30N2O4/c1-16(2,3)22-15(21)17-13(14(19)20)9-5-4-6-10-18-11-7-8-12-18/h13H,4-12H2,1-3H3,(H,17,21)(H,19,20)/t13-/m0/s1. The summed E-state index contributed by atoms with van der Waals surface area (Å²) < 4.78 is 5.09. The zero-order valence-electron chi connectivity index (χ0n) is 14.1. The Kier molecular flexibility index (Phi) is 7.65. The number of ether oxygens (including phenoxy) is 1. The molecular weight excluding hydrogens is 284 g/mol. The van der Waals surface area contributed by atoms with E-state index in [4.69, 9.17) is 4.74 Å². The van der Waals surface area contributed by atoms with Crippen LogP contribution in [0.25, 0.3) is 0 Å². The molecule has 1 aliphatic rings. The summed E-state index contributed by atoms with van der Waals surface area (Å²) in [5, 5.41) is 11.6. The largest absolute Gasteiger partial charge is 0.480 e. The van der Waals surface area contributed by atoms with Crippen molar-refractivity contribution in [3.8, 4) is 0 Å². The number of alkyl carbamates (subject to hydrolysis) is 1. The lowest BCUT2D eigenvalue weighted by atomic mass is 10.1. The number of likely N-dealkylation sites (tertiary alicyclic amines) is 1. The number of carboxylic acid groups (broad SMARTS) is 1. The van der Waals surface area contributed by atoms with Gasteiger partial charge in [-0.1, -0.05) is 12.8 Å². The van der Waals surface area contributed by atoms with Crippen molar-refractivity contribution in [2.75, 3.05) is 19.6 Å². The summed E-state index contributed by atoms with van der Waals surface area (Å²) in [6.45, 7) is 8.73. The quantitative estimate of drug-likeness (QED) is 0.673. The number of hydrogen-bond acceptors (Lipinski definition) is 4. The number of unbranched alkanes of at least 4 members (excludes halogenated alkanes) is 2. The maximum Gasteiger partial charge on any atom is 0.408 e. The van der Waals surface area contributed by atoms with Crippen molar-refractivity contribution >= 4 is 12.1 Å². The first-order valence-corrected chi connectivity index (χ1v) is 8.22. The third kappa shape index (κ3) is 8.22. The summed E-state index contributed by atoms with van der Waals surface area (Å²) in [4.78, 5) is 25.3. The summed E-state index contributed by atoms with van der Waals surface area (Å²) in [6, 6.07) is -0.873. The Morgan fingerprint density at radius 1 is 1.18 bits per heavy atom. The molecule has 0 aromatic carbocycles. The normalized spacial score (nSPS) is 17.2. The molecule has 1 fully saturated rings. The van der Waals surface area contributed by atoms with E-state index in [-0.39, 0.29) is 0 Å². The topological polar surface area (TPSA) is 78.9 Å². The summed E-state index contributed by atoms with van der Waals surface area (Å²) in [5.74, 6) is -1.01. The van der Waals surface area contributed by atoms with Crippen molar-refractivity contribution in [2.24, 2.45) is 0 Å². The molecule has 0 unspecified atom stereocenters. The highest BCUT2D eigenvalue weighted by molar-refractivity contribution is 5.79. The van der Waals surface area contributed by atoms with E-state index in [0.29, 0.717) is 6.42 Å². The Bertz CT molecular complexity index is 360. The van der Waals surface area contributed by atoms with E-state index in [2.05, 4.69) is 10.2 Å². The van der Waals surface area contributed by atoms with Crippen LogP contribution in [0.1, 0.15) is 59.3 Å². The van der Waals surface area contributed by atoms with Crippen LogP contribution in [-0.2, 0) is 9.53 Å². The summed E-state index contributed by atoms with van der Waals surface area (Å²) in [6.07, 6.45) is 5.21. The molecule has 0 aromatic rings. The van der Waals surface area contributed by atoms with E-state index in [9.17, 15) is 14.7 Å². The fraction of sp³-hybridized carbons (Fsp3) is 0.875. The van der Waals surface area contributed by atoms with Crippen LogP contribution in [0, 0.1) is 0 Å². The Morgan fingerprint density at radius 2 is 1.82 bits per heavy atom. The predicted molar refractivity (Wildman–Crippen MR) is 84.9 cm³/mol. The monoisotopic (exact) mass is 314 g/mol. The van der Waals surface area contributed by atoms with Gasteiger partial charge in [0.25, 0.3) is 0 Å². The molecule has 0 bridgehead atoms. The molecule has 128 valence electrons. The van der Waals surface area contributed by atoms with Crippen molar-refractivity contribution in [3.63, 3.8) is 0 Å². The van der Waals surface area contributed by atoms with E-state index in [0.717, 1.165) is 25.8 Å². The second-order valence-corrected chi connectivity index (χ2v) is 6.94. The molecule has 0 saturated carbocycles. The fourth-order valence-corrected chi connectivity index (χ4v) is 2.57. The van der Waals surface area contributed by atoms with Gasteiger partial charge in [0.15, 0.2) is 0 Å². The number of amides is 1. The van der Waals surface area contributed by atoms with Crippen LogP contribution in [0.4, 0.5) is 4.79 Å². The zero-order chi connectivity index (χ0) is 16.6. The first-order chi connectivity index (χ1) is 10.3. The van der Waals surface area contributed by atoms with E-state index < -0.39 is 23.7 Å². The van der Waals surface area contributed by atoms with Gasteiger partial charge in [-0.05, 0) is 66.1 Å². The number of nitrogens with zero attached hydrogens (tertiary/aromatic N) is 1. The molecule has 6 heteroatoms. The average Bonchev–Trinajstić information content (AvgIpc) is 2.87. The molecule has 0 aliphatic carbocycles. The molecule has 1 rings (SSSR count). The molecule has 1 saturated heterocycles. The van der Waals surface area contributed by atoms with Crippen LogP contribution >= 0.6 is 0 Å². The number of rotatable bonds is 8. The molecule has 1 heterocycles. The number of hydrogen-bond donors (Lipinski definition) is 2. The lowest BCUT2D eigenvalue weighted by molar-refractivity contribution is -0.139. The van der Waals surface area contributed by atoms with Gasteiger partial charge in [-0.3, -0.25) is 0 Å². The first kappa shape index (κ1) is 18.7. The molecule has 0 radical (unpaired) electrons. The van der Waals surface area contributed by atoms with Gasteiger partial charge >= 0.3 is 12.1 Å². The number of nitrogens with one attached hydrogen (secondary N) is 1. The van der Waals surface area contributed by atoms with Gasteiger partial charge in [-0.2, -0.15) is 0 Å². The number of carbonyl (C=O) groups is 2. The van der Waals surface area contributed by atoms with Crippen molar-refractivity contribution in [1.82, 2.24) is 10.2 Å². The molecule has 0 spiro atoms. The van der Waals surface area contributed by atoms with Crippen molar-refractivity contribution in [1.29, 1.82) is 0 Å². The molecule has 22 heavy (non-hydrogen) atoms. The Balaban J connectivity index is 2.20. The maximum absolute atomic E-state index is 11.6. The van der Waals surface area contributed by atoms with Gasteiger partial charge in [0.2, 0.25) is 0 Å². The van der Waals surface area contributed by atoms with Crippen LogP contribution < -0.4 is 5.32 Å². The van der Waals surface area contributed by atoms with E-state index in [1.165, 1.54) is 25.9 Å². The van der Waals surface area contributed by atoms with Crippen LogP contribution in [0.2, 0.25) is 0 Å². The summed E-state index contributed by atoms with van der Waals surface area (Å²) in [7, 11) is 0. The second kappa shape index (κ2) is 8.98. The van der Waals surface area contributed by atoms with Crippen LogP contribution in [0.3, 0.4) is 0 Å². The molecular formula is C16H30N2O4. The summed E-state index contributed by atoms with van der Waals surface area (Å²) in [5.41, 5.74) is -0.622. The molecule has 1 amide bonds. The highest BCUT2D eigenvalue weighted by Crippen LogP contribution is 2.11. The minimum Gasteiger partial charge on any atom is -0.480 e. The van der Waals surface area contributed by atoms with E-state index in [1.807, 2.05) is 0 Å². The fourth-order valence-electron chi connectivity index (χ4n) is 2.57. The average molecular weight is 314 g/mol. The molecule has 1 aliphatic heterocycles. The van der Waals surface area contributed by atoms with Crippen molar-refractivity contribution < 1.29 is 19.4 Å². The molecule has 6 nitrogen and oxygen atoms in total. The Labute approximate surface area is 133 Å². The number of carboxylic acids is 1. The number of carbonyl (C=O) groups excluding carboxylic acids is 1. The third-order valence-electron chi connectivity index (χ3n) is 3.65. The van der Waals surface area contributed by atoms with Gasteiger partial charge in [0, 0.05) is 0 Å². The van der Waals surface area contributed by atoms with Crippen LogP contribution in [-0.4, -0.2) is 53.3 Å². The molecule has 1 atom stereocenters. The molecule has 2 N–H and O–H groups in total. The lowest BCUT2D eigenvalue weighted by Crippen LogP contribution is -2.43. The van der Waals surface area contributed by atoms with Crippen LogP contribution in [0.15, 0.2) is 0 Å². The Hall–Kier alpha value is -1.30. The minimum atomic E-state index is -1.01. The minimum absolute atomic E-state index is 0.439. The second-order valence-electron chi connectivity index (χ2n) is 6.94. The number of aliphatic carboxylic acids is 1. The van der Waals surface area contributed by atoms with E-state index >= 15 is 0 Å². The van der Waals surface area contributed by atoms with Gasteiger partial charge < -0.3 is 20.1 Å². The van der Waals surface area contributed by atoms with Gasteiger partial charge in [0.05, 0.1) is 0 Å². The summed E-state index contributed by atoms with van der Waals surface area (Å²) >= 11 is 0. The smallest absolute Gasteiger partial charge is 0.408 e. The highest BCUT2D eigenvalue weighted by Gasteiger charge is 2.23. The van der Waals surface area contributed by atoms with Crippen molar-refractivity contribution in [2.45, 2.75) is 70.9 Å². The lowest BCUT2D eigenvalue weighted by Gasteiger charge is -2.22. The van der Waals surface area contributed by atoms with Gasteiger partial charge in [-0.25, -0.2) is 9.59 Å². The molecule has 0 aromatic heterocycles. The Morgan fingerprint density at radius 3 is 2.36 bits per heavy atom. The van der Waals surface area contributed by atoms with Crippen molar-refractivity contribution in [3.05, 3.63) is 0 Å².